The third-order valence-corrected chi connectivity index (χ3v) is 5.09. The SMILES string of the molecule is CC(C)C1=CC(C(C)C)(C(C)C)CC=C1S(=O)O. The Bertz CT molecular complexity index is 381. The number of allylic oxidation sites excluding steroid dienone is 3. The van der Waals surface area contributed by atoms with Gasteiger partial charge in [0.05, 0.1) is 4.91 Å². The molecule has 1 atom stereocenters. The fraction of sp³-hybridized carbons (Fsp3) is 0.733. The van der Waals surface area contributed by atoms with Crippen LogP contribution in [-0.2, 0) is 11.1 Å². The van der Waals surface area contributed by atoms with E-state index in [2.05, 4.69) is 47.6 Å². The summed E-state index contributed by atoms with van der Waals surface area (Å²) in [6, 6.07) is 0. The minimum Gasteiger partial charge on any atom is -0.302 e. The molecule has 0 aromatic carbocycles. The lowest BCUT2D eigenvalue weighted by Crippen LogP contribution is -2.33. The van der Waals surface area contributed by atoms with Crippen LogP contribution in [0.1, 0.15) is 48.0 Å². The molecule has 1 aliphatic rings. The van der Waals surface area contributed by atoms with Crippen molar-refractivity contribution in [3.05, 3.63) is 22.6 Å². The second-order valence-electron chi connectivity index (χ2n) is 6.20. The summed E-state index contributed by atoms with van der Waals surface area (Å²) in [6.45, 7) is 13.1. The van der Waals surface area contributed by atoms with Gasteiger partial charge in [-0.3, -0.25) is 0 Å². The summed E-state index contributed by atoms with van der Waals surface area (Å²) >= 11 is -1.87. The monoisotopic (exact) mass is 270 g/mol. The van der Waals surface area contributed by atoms with Crippen molar-refractivity contribution in [1.29, 1.82) is 0 Å². The van der Waals surface area contributed by atoms with Crippen molar-refractivity contribution in [2.45, 2.75) is 48.0 Å². The Morgan fingerprint density at radius 3 is 2.00 bits per heavy atom. The van der Waals surface area contributed by atoms with E-state index in [-0.39, 0.29) is 11.3 Å². The maximum Gasteiger partial charge on any atom is 0.186 e. The smallest absolute Gasteiger partial charge is 0.186 e. The predicted octanol–water partition coefficient (Wildman–Crippen LogP) is 4.38. The zero-order valence-electron chi connectivity index (χ0n) is 12.4. The first-order valence-corrected chi connectivity index (χ1v) is 7.87. The Morgan fingerprint density at radius 1 is 1.17 bits per heavy atom. The molecule has 0 saturated heterocycles. The molecule has 3 heteroatoms. The minimum absolute atomic E-state index is 0.114. The molecule has 0 bridgehead atoms. The average molecular weight is 270 g/mol. The topological polar surface area (TPSA) is 37.3 Å². The highest BCUT2D eigenvalue weighted by atomic mass is 32.2. The highest BCUT2D eigenvalue weighted by Gasteiger charge is 2.38. The predicted molar refractivity (Wildman–Crippen MR) is 78.5 cm³/mol. The quantitative estimate of drug-likeness (QED) is 0.770. The Labute approximate surface area is 114 Å². The van der Waals surface area contributed by atoms with Gasteiger partial charge in [0.2, 0.25) is 0 Å². The number of hydrogen-bond acceptors (Lipinski definition) is 1. The maximum atomic E-state index is 11.4. The van der Waals surface area contributed by atoms with E-state index in [4.69, 9.17) is 0 Å². The molecule has 1 unspecified atom stereocenters. The van der Waals surface area contributed by atoms with Crippen molar-refractivity contribution in [3.63, 3.8) is 0 Å². The van der Waals surface area contributed by atoms with Crippen LogP contribution < -0.4 is 0 Å². The summed E-state index contributed by atoms with van der Waals surface area (Å²) < 4.78 is 20.8. The van der Waals surface area contributed by atoms with Crippen molar-refractivity contribution in [3.8, 4) is 0 Å². The molecule has 0 aliphatic heterocycles. The Morgan fingerprint density at radius 2 is 1.67 bits per heavy atom. The molecule has 0 aromatic rings. The second kappa shape index (κ2) is 5.70. The molecule has 0 fully saturated rings. The van der Waals surface area contributed by atoms with E-state index in [0.717, 1.165) is 12.0 Å². The largest absolute Gasteiger partial charge is 0.302 e. The van der Waals surface area contributed by atoms with Gasteiger partial charge in [-0.15, -0.1) is 0 Å². The molecule has 1 N–H and O–H groups in total. The molecule has 2 nitrogen and oxygen atoms in total. The molecule has 0 saturated carbocycles. The molecule has 0 radical (unpaired) electrons. The van der Waals surface area contributed by atoms with Crippen molar-refractivity contribution in [2.24, 2.45) is 23.2 Å². The Kier molecular flexibility index (Phi) is 4.96. The first-order valence-electron chi connectivity index (χ1n) is 6.76. The van der Waals surface area contributed by atoms with Crippen LogP contribution >= 0.6 is 0 Å². The summed E-state index contributed by atoms with van der Waals surface area (Å²) in [6.07, 6.45) is 5.11. The maximum absolute atomic E-state index is 11.4. The summed E-state index contributed by atoms with van der Waals surface area (Å²) in [5.41, 5.74) is 1.16. The van der Waals surface area contributed by atoms with E-state index in [0.29, 0.717) is 16.7 Å². The zero-order chi connectivity index (χ0) is 14.1. The normalized spacial score (nSPS) is 21.2. The van der Waals surface area contributed by atoms with E-state index in [1.807, 2.05) is 6.08 Å². The first kappa shape index (κ1) is 15.6. The van der Waals surface area contributed by atoms with Crippen molar-refractivity contribution in [2.75, 3.05) is 0 Å². The van der Waals surface area contributed by atoms with Crippen LogP contribution in [0.5, 0.6) is 0 Å². The van der Waals surface area contributed by atoms with Crippen molar-refractivity contribution in [1.82, 2.24) is 0 Å². The van der Waals surface area contributed by atoms with Gasteiger partial charge >= 0.3 is 0 Å². The molecule has 0 aromatic heterocycles. The Balaban J connectivity index is 3.29. The zero-order valence-corrected chi connectivity index (χ0v) is 13.2. The molecule has 0 heterocycles. The van der Waals surface area contributed by atoms with Crippen LogP contribution in [-0.4, -0.2) is 8.76 Å². The highest BCUT2D eigenvalue weighted by Crippen LogP contribution is 2.47. The van der Waals surface area contributed by atoms with E-state index in [1.165, 1.54) is 0 Å². The number of hydrogen-bond donors (Lipinski definition) is 1. The van der Waals surface area contributed by atoms with Crippen LogP contribution in [0.4, 0.5) is 0 Å². The van der Waals surface area contributed by atoms with Gasteiger partial charge in [0, 0.05) is 0 Å². The van der Waals surface area contributed by atoms with Crippen molar-refractivity contribution < 1.29 is 8.76 Å². The van der Waals surface area contributed by atoms with Crippen LogP contribution in [0, 0.1) is 23.2 Å². The van der Waals surface area contributed by atoms with Crippen LogP contribution in [0.2, 0.25) is 0 Å². The van der Waals surface area contributed by atoms with Crippen LogP contribution in [0.25, 0.3) is 0 Å². The van der Waals surface area contributed by atoms with Gasteiger partial charge in [-0.25, -0.2) is 4.21 Å². The van der Waals surface area contributed by atoms with Crippen LogP contribution in [0.3, 0.4) is 0 Å². The van der Waals surface area contributed by atoms with E-state index >= 15 is 0 Å². The summed E-state index contributed by atoms with van der Waals surface area (Å²) in [4.78, 5) is 0.613. The van der Waals surface area contributed by atoms with Gasteiger partial charge in [-0.05, 0) is 35.2 Å². The van der Waals surface area contributed by atoms with E-state index < -0.39 is 11.1 Å². The third kappa shape index (κ3) is 2.77. The number of rotatable bonds is 4. The first-order chi connectivity index (χ1) is 8.22. The Hall–Kier alpha value is -0.410. The minimum atomic E-state index is -1.87. The van der Waals surface area contributed by atoms with Crippen LogP contribution in [0.15, 0.2) is 22.6 Å². The van der Waals surface area contributed by atoms with Gasteiger partial charge in [-0.2, -0.15) is 0 Å². The van der Waals surface area contributed by atoms with E-state index in [9.17, 15) is 8.76 Å². The molecule has 0 amide bonds. The molecule has 104 valence electrons. The summed E-state index contributed by atoms with van der Waals surface area (Å²) in [7, 11) is 0. The lowest BCUT2D eigenvalue weighted by Gasteiger charge is -2.42. The van der Waals surface area contributed by atoms with E-state index in [1.54, 1.807) is 0 Å². The highest BCUT2D eigenvalue weighted by molar-refractivity contribution is 7.83. The molecule has 18 heavy (non-hydrogen) atoms. The third-order valence-electron chi connectivity index (χ3n) is 4.31. The van der Waals surface area contributed by atoms with Gasteiger partial charge in [0.1, 0.15) is 0 Å². The standard InChI is InChI=1S/C15H26O2S/c1-10(2)13-9-15(11(3)4,12(5)6)8-7-14(13)18(16)17/h7,9-12H,8H2,1-6H3,(H,16,17). The summed E-state index contributed by atoms with van der Waals surface area (Å²) in [5.74, 6) is 1.33. The van der Waals surface area contributed by atoms with Crippen molar-refractivity contribution >= 4 is 11.1 Å². The lowest BCUT2D eigenvalue weighted by atomic mass is 9.63. The molecule has 1 rings (SSSR count). The fourth-order valence-corrected chi connectivity index (χ4v) is 3.62. The molecular formula is C15H26O2S. The average Bonchev–Trinajstić information content (AvgIpc) is 2.27. The van der Waals surface area contributed by atoms with Gasteiger partial charge < -0.3 is 4.55 Å². The second-order valence-corrected chi connectivity index (χ2v) is 7.14. The molecular weight excluding hydrogens is 244 g/mol. The fourth-order valence-electron chi connectivity index (χ4n) is 2.90. The van der Waals surface area contributed by atoms with Gasteiger partial charge in [-0.1, -0.05) is 53.7 Å². The molecule has 0 spiro atoms. The van der Waals surface area contributed by atoms with Gasteiger partial charge in [0.15, 0.2) is 11.1 Å². The van der Waals surface area contributed by atoms with Gasteiger partial charge in [0.25, 0.3) is 0 Å². The summed E-state index contributed by atoms with van der Waals surface area (Å²) in [5, 5.41) is 0. The lowest BCUT2D eigenvalue weighted by molar-refractivity contribution is 0.178. The molecule has 1 aliphatic carbocycles.